The molecule has 0 saturated carbocycles. The highest BCUT2D eigenvalue weighted by molar-refractivity contribution is 5.95. The summed E-state index contributed by atoms with van der Waals surface area (Å²) in [5.41, 5.74) is 4.98. The average molecular weight is 286 g/mol. The maximum atomic E-state index is 11.8. The number of nitrogens with one attached hydrogen (secondary N) is 2. The van der Waals surface area contributed by atoms with E-state index in [1.54, 1.807) is 0 Å². The van der Waals surface area contributed by atoms with Crippen LogP contribution < -0.4 is 10.6 Å². The Bertz CT molecular complexity index is 646. The van der Waals surface area contributed by atoms with E-state index in [9.17, 15) is 4.79 Å². The highest BCUT2D eigenvalue weighted by Gasteiger charge is 2.09. The van der Waals surface area contributed by atoms with Crippen molar-refractivity contribution < 1.29 is 4.79 Å². The third-order valence-corrected chi connectivity index (χ3v) is 3.59. The molecule has 0 saturated heterocycles. The quantitative estimate of drug-likeness (QED) is 0.887. The Hall–Kier alpha value is -2.30. The van der Waals surface area contributed by atoms with Gasteiger partial charge in [-0.3, -0.25) is 9.48 Å². The fraction of sp³-hybridized carbons (Fsp3) is 0.375. The normalized spacial score (nSPS) is 10.5. The molecule has 1 aromatic carbocycles. The van der Waals surface area contributed by atoms with Gasteiger partial charge in [-0.05, 0) is 39.0 Å². The standard InChI is InChI=1S/C16H22N4O/c1-5-17-16(21)13-7-6-8-14(9-13)18-10-15-11(2)19-20(4)12(15)3/h6-9,18H,5,10H2,1-4H3,(H,17,21). The van der Waals surface area contributed by atoms with Crippen LogP contribution in [0.4, 0.5) is 5.69 Å². The molecule has 2 aromatic rings. The van der Waals surface area contributed by atoms with Gasteiger partial charge >= 0.3 is 0 Å². The molecule has 0 fully saturated rings. The summed E-state index contributed by atoms with van der Waals surface area (Å²) in [7, 11) is 1.95. The number of hydrogen-bond donors (Lipinski definition) is 2. The molecule has 0 aliphatic carbocycles. The van der Waals surface area contributed by atoms with E-state index < -0.39 is 0 Å². The van der Waals surface area contributed by atoms with Gasteiger partial charge in [0.05, 0.1) is 5.69 Å². The first-order valence-corrected chi connectivity index (χ1v) is 7.14. The lowest BCUT2D eigenvalue weighted by Gasteiger charge is -2.09. The minimum atomic E-state index is -0.0464. The largest absolute Gasteiger partial charge is 0.381 e. The van der Waals surface area contributed by atoms with Crippen LogP contribution in [-0.2, 0) is 13.6 Å². The van der Waals surface area contributed by atoms with Crippen molar-refractivity contribution in [1.29, 1.82) is 0 Å². The lowest BCUT2D eigenvalue weighted by atomic mass is 10.1. The number of rotatable bonds is 5. The van der Waals surface area contributed by atoms with Gasteiger partial charge < -0.3 is 10.6 Å². The highest BCUT2D eigenvalue weighted by Crippen LogP contribution is 2.16. The summed E-state index contributed by atoms with van der Waals surface area (Å²) in [6, 6.07) is 7.53. The van der Waals surface area contributed by atoms with Crippen molar-refractivity contribution in [3.05, 3.63) is 46.8 Å². The molecule has 5 heteroatoms. The number of aromatic nitrogens is 2. The molecule has 0 aliphatic heterocycles. The van der Waals surface area contributed by atoms with Crippen LogP contribution in [-0.4, -0.2) is 22.2 Å². The van der Waals surface area contributed by atoms with Gasteiger partial charge in [0, 0.05) is 42.6 Å². The maximum absolute atomic E-state index is 11.8. The average Bonchev–Trinajstić information content (AvgIpc) is 2.71. The van der Waals surface area contributed by atoms with Crippen molar-refractivity contribution in [2.45, 2.75) is 27.3 Å². The van der Waals surface area contributed by atoms with Crippen LogP contribution in [0, 0.1) is 13.8 Å². The number of nitrogens with zero attached hydrogens (tertiary/aromatic N) is 2. The van der Waals surface area contributed by atoms with Crippen LogP contribution in [0.25, 0.3) is 0 Å². The summed E-state index contributed by atoms with van der Waals surface area (Å²) in [5, 5.41) is 10.6. The molecular formula is C16H22N4O. The summed E-state index contributed by atoms with van der Waals surface area (Å²) in [6.07, 6.45) is 0. The van der Waals surface area contributed by atoms with Gasteiger partial charge in [0.1, 0.15) is 0 Å². The van der Waals surface area contributed by atoms with E-state index in [-0.39, 0.29) is 5.91 Å². The van der Waals surface area contributed by atoms with Gasteiger partial charge in [0.15, 0.2) is 0 Å². The van der Waals surface area contributed by atoms with Gasteiger partial charge in [-0.1, -0.05) is 6.07 Å². The van der Waals surface area contributed by atoms with Crippen LogP contribution in [0.3, 0.4) is 0 Å². The lowest BCUT2D eigenvalue weighted by Crippen LogP contribution is -2.22. The second-order valence-corrected chi connectivity index (χ2v) is 5.07. The van der Waals surface area contributed by atoms with Gasteiger partial charge in [-0.15, -0.1) is 0 Å². The summed E-state index contributed by atoms with van der Waals surface area (Å²) >= 11 is 0. The van der Waals surface area contributed by atoms with E-state index >= 15 is 0 Å². The summed E-state index contributed by atoms with van der Waals surface area (Å²) in [4.78, 5) is 11.8. The van der Waals surface area contributed by atoms with Crippen molar-refractivity contribution in [3.63, 3.8) is 0 Å². The van der Waals surface area contributed by atoms with Gasteiger partial charge in [-0.25, -0.2) is 0 Å². The first-order chi connectivity index (χ1) is 10.0. The number of amides is 1. The zero-order valence-corrected chi connectivity index (χ0v) is 13.0. The summed E-state index contributed by atoms with van der Waals surface area (Å²) in [6.45, 7) is 7.31. The minimum absolute atomic E-state index is 0.0464. The Morgan fingerprint density at radius 2 is 2.10 bits per heavy atom. The zero-order chi connectivity index (χ0) is 15.4. The smallest absolute Gasteiger partial charge is 0.251 e. The predicted octanol–water partition coefficient (Wildman–Crippen LogP) is 2.40. The molecule has 1 amide bonds. The number of aryl methyl sites for hydroxylation is 2. The Balaban J connectivity index is 2.10. The second-order valence-electron chi connectivity index (χ2n) is 5.07. The topological polar surface area (TPSA) is 59.0 Å². The Kier molecular flexibility index (Phi) is 4.62. The summed E-state index contributed by atoms with van der Waals surface area (Å²) < 4.78 is 1.89. The molecule has 0 spiro atoms. The van der Waals surface area contributed by atoms with Crippen molar-refractivity contribution >= 4 is 11.6 Å². The van der Waals surface area contributed by atoms with Crippen molar-refractivity contribution in [2.24, 2.45) is 7.05 Å². The second kappa shape index (κ2) is 6.43. The highest BCUT2D eigenvalue weighted by atomic mass is 16.1. The molecule has 112 valence electrons. The van der Waals surface area contributed by atoms with Crippen LogP contribution in [0.15, 0.2) is 24.3 Å². The first-order valence-electron chi connectivity index (χ1n) is 7.14. The predicted molar refractivity (Wildman–Crippen MR) is 84.5 cm³/mol. The van der Waals surface area contributed by atoms with Crippen molar-refractivity contribution in [3.8, 4) is 0 Å². The first kappa shape index (κ1) is 15.1. The van der Waals surface area contributed by atoms with Gasteiger partial charge in [-0.2, -0.15) is 5.10 Å². The van der Waals surface area contributed by atoms with Crippen LogP contribution >= 0.6 is 0 Å². The van der Waals surface area contributed by atoms with Gasteiger partial charge in [0.2, 0.25) is 0 Å². The Morgan fingerprint density at radius 3 is 2.71 bits per heavy atom. The molecule has 0 aliphatic rings. The Labute approximate surface area is 125 Å². The molecule has 0 radical (unpaired) electrons. The molecule has 2 N–H and O–H groups in total. The fourth-order valence-electron chi connectivity index (χ4n) is 2.30. The fourth-order valence-corrected chi connectivity index (χ4v) is 2.30. The van der Waals surface area contributed by atoms with Crippen molar-refractivity contribution in [2.75, 3.05) is 11.9 Å². The molecule has 0 bridgehead atoms. The monoisotopic (exact) mass is 286 g/mol. The van der Waals surface area contributed by atoms with E-state index in [2.05, 4.69) is 22.7 Å². The van der Waals surface area contributed by atoms with Gasteiger partial charge in [0.25, 0.3) is 5.91 Å². The maximum Gasteiger partial charge on any atom is 0.251 e. The molecular weight excluding hydrogens is 264 g/mol. The number of carbonyl (C=O) groups excluding carboxylic acids is 1. The minimum Gasteiger partial charge on any atom is -0.381 e. The van der Waals surface area contributed by atoms with Crippen molar-refractivity contribution in [1.82, 2.24) is 15.1 Å². The third kappa shape index (κ3) is 3.42. The van der Waals surface area contributed by atoms with Crippen LogP contribution in [0.2, 0.25) is 0 Å². The third-order valence-electron chi connectivity index (χ3n) is 3.59. The van der Waals surface area contributed by atoms with E-state index in [0.29, 0.717) is 18.7 Å². The molecule has 0 atom stereocenters. The SMILES string of the molecule is CCNC(=O)c1cccc(NCc2c(C)nn(C)c2C)c1. The van der Waals surface area contributed by atoms with E-state index in [1.165, 1.54) is 5.56 Å². The number of carbonyl (C=O) groups is 1. The lowest BCUT2D eigenvalue weighted by molar-refractivity contribution is 0.0956. The Morgan fingerprint density at radius 1 is 1.33 bits per heavy atom. The van der Waals surface area contributed by atoms with Crippen LogP contribution in [0.5, 0.6) is 0 Å². The molecule has 5 nitrogen and oxygen atoms in total. The molecule has 0 unspecified atom stereocenters. The molecule has 2 rings (SSSR count). The summed E-state index contributed by atoms with van der Waals surface area (Å²) in [5.74, 6) is -0.0464. The van der Waals surface area contributed by atoms with Crippen LogP contribution in [0.1, 0.15) is 34.2 Å². The van der Waals surface area contributed by atoms with E-state index in [1.807, 2.05) is 49.8 Å². The van der Waals surface area contributed by atoms with E-state index in [4.69, 9.17) is 0 Å². The molecule has 21 heavy (non-hydrogen) atoms. The number of hydrogen-bond acceptors (Lipinski definition) is 3. The van der Waals surface area contributed by atoms with E-state index in [0.717, 1.165) is 17.1 Å². The zero-order valence-electron chi connectivity index (χ0n) is 13.0. The number of benzene rings is 1. The molecule has 1 heterocycles. The number of anilines is 1. The molecule has 1 aromatic heterocycles.